The molecule has 0 unspecified atom stereocenters. The Hall–Kier alpha value is -4.11. The smallest absolute Gasteiger partial charge is 0.372 e. The zero-order valence-electron chi connectivity index (χ0n) is 23.0. The van der Waals surface area contributed by atoms with Crippen LogP contribution >= 0.6 is 11.9 Å². The van der Waals surface area contributed by atoms with E-state index in [1.54, 1.807) is 37.9 Å². The molecule has 0 aliphatic carbocycles. The molecule has 8 nitrogen and oxygen atoms in total. The molecule has 1 aliphatic heterocycles. The number of piperazine rings is 1. The summed E-state index contributed by atoms with van der Waals surface area (Å²) in [5.41, 5.74) is 4.69. The topological polar surface area (TPSA) is 80.5 Å². The first-order valence-corrected chi connectivity index (χ1v) is 14.1. The molecule has 3 aromatic carbocycles. The highest BCUT2D eigenvalue weighted by molar-refractivity contribution is 8.00. The van der Waals surface area contributed by atoms with Crippen molar-refractivity contribution in [1.29, 1.82) is 0 Å². The van der Waals surface area contributed by atoms with Crippen LogP contribution in [0.15, 0.2) is 82.1 Å². The predicted octanol–water partition coefficient (Wildman–Crippen LogP) is 6.00. The highest BCUT2D eigenvalue weighted by Crippen LogP contribution is 2.38. The maximum Gasteiger partial charge on any atom is 0.372 e. The number of furan rings is 1. The van der Waals surface area contributed by atoms with Crippen molar-refractivity contribution in [3.8, 4) is 0 Å². The maximum atomic E-state index is 12.5. The lowest BCUT2D eigenvalue weighted by Crippen LogP contribution is -2.51. The molecule has 1 fully saturated rings. The van der Waals surface area contributed by atoms with Gasteiger partial charge in [0.05, 0.1) is 11.4 Å². The number of carbonyl (C=O) groups excluding carboxylic acids is 1. The molecule has 208 valence electrons. The summed E-state index contributed by atoms with van der Waals surface area (Å²) in [5, 5.41) is 10.3. The van der Waals surface area contributed by atoms with Crippen molar-refractivity contribution in [3.05, 3.63) is 89.7 Å². The SMILES string of the molecule is Cc1c(C(=O)O)oc2ccc(SN(CCc3ccccc3)c3ccccc3N3CCN(C(=O)N(C)C)CC3)cc12. The molecule has 0 spiro atoms. The first kappa shape index (κ1) is 27.5. The van der Waals surface area contributed by atoms with Gasteiger partial charge in [0, 0.05) is 62.7 Å². The number of carboxylic acids is 1. The van der Waals surface area contributed by atoms with E-state index in [9.17, 15) is 14.7 Å². The number of nitrogens with zero attached hydrogens (tertiary/aromatic N) is 4. The third kappa shape index (κ3) is 5.89. The van der Waals surface area contributed by atoms with Crippen LogP contribution in [0.4, 0.5) is 16.2 Å². The van der Waals surface area contributed by atoms with E-state index in [2.05, 4.69) is 57.7 Å². The largest absolute Gasteiger partial charge is 0.475 e. The molecule has 0 radical (unpaired) electrons. The minimum absolute atomic E-state index is 0.0182. The third-order valence-electron chi connectivity index (χ3n) is 7.19. The fourth-order valence-corrected chi connectivity index (χ4v) is 6.03. The summed E-state index contributed by atoms with van der Waals surface area (Å²) >= 11 is 1.64. The standard InChI is InChI=1S/C31H34N4O4S/c1-22-25-21-24(13-14-28(25)39-29(22)30(36)37)40-35(16-15-23-9-5-4-6-10-23)27-12-8-7-11-26(27)33-17-19-34(20-18-33)31(38)32(2)3/h4-14,21H,15-20H2,1-3H3,(H,36,37). The Balaban J connectivity index is 1.44. The van der Waals surface area contributed by atoms with Crippen LogP contribution in [0.25, 0.3) is 11.0 Å². The Kier molecular flexibility index (Phi) is 8.21. The Morgan fingerprint density at radius 2 is 1.65 bits per heavy atom. The normalized spacial score (nSPS) is 13.5. The number of hydrogen-bond acceptors (Lipinski definition) is 6. The minimum Gasteiger partial charge on any atom is -0.475 e. The number of carbonyl (C=O) groups is 2. The Bertz CT molecular complexity index is 1500. The van der Waals surface area contributed by atoms with Crippen LogP contribution < -0.4 is 9.21 Å². The second-order valence-electron chi connectivity index (χ2n) is 10.1. The van der Waals surface area contributed by atoms with Gasteiger partial charge in [-0.3, -0.25) is 0 Å². The van der Waals surface area contributed by atoms with Crippen LogP contribution in [0.3, 0.4) is 0 Å². The van der Waals surface area contributed by atoms with Crippen molar-refractivity contribution in [2.45, 2.75) is 18.2 Å². The van der Waals surface area contributed by atoms with E-state index in [1.807, 2.05) is 29.2 Å². The Morgan fingerprint density at radius 3 is 2.35 bits per heavy atom. The summed E-state index contributed by atoms with van der Waals surface area (Å²) in [6.45, 7) is 5.41. The van der Waals surface area contributed by atoms with Crippen LogP contribution in [0, 0.1) is 6.92 Å². The van der Waals surface area contributed by atoms with Gasteiger partial charge in [0.2, 0.25) is 5.76 Å². The van der Waals surface area contributed by atoms with Crippen molar-refractivity contribution in [2.24, 2.45) is 0 Å². The fourth-order valence-electron chi connectivity index (χ4n) is 5.04. The highest BCUT2D eigenvalue weighted by atomic mass is 32.2. The fraction of sp³-hybridized carbons (Fsp3) is 0.290. The molecule has 0 saturated carbocycles. The molecule has 1 N–H and O–H groups in total. The van der Waals surface area contributed by atoms with Crippen LogP contribution in [0.2, 0.25) is 0 Å². The van der Waals surface area contributed by atoms with Crippen molar-refractivity contribution in [2.75, 3.05) is 56.0 Å². The van der Waals surface area contributed by atoms with Crippen LogP contribution in [-0.2, 0) is 6.42 Å². The number of para-hydroxylation sites is 2. The summed E-state index contributed by atoms with van der Waals surface area (Å²) < 4.78 is 7.90. The predicted molar refractivity (Wildman–Crippen MR) is 161 cm³/mol. The number of benzene rings is 3. The molecule has 1 aliphatic rings. The van der Waals surface area contributed by atoms with Crippen molar-refractivity contribution >= 4 is 46.3 Å². The number of urea groups is 1. The van der Waals surface area contributed by atoms with E-state index in [0.29, 0.717) is 24.2 Å². The second kappa shape index (κ2) is 12.0. The quantitative estimate of drug-likeness (QED) is 0.266. The summed E-state index contributed by atoms with van der Waals surface area (Å²) in [7, 11) is 3.58. The van der Waals surface area contributed by atoms with Crippen molar-refractivity contribution in [1.82, 2.24) is 9.80 Å². The lowest BCUT2D eigenvalue weighted by Gasteiger charge is -2.39. The first-order chi connectivity index (χ1) is 19.3. The van der Waals surface area contributed by atoms with E-state index in [1.165, 1.54) is 5.56 Å². The van der Waals surface area contributed by atoms with E-state index >= 15 is 0 Å². The first-order valence-electron chi connectivity index (χ1n) is 13.4. The van der Waals surface area contributed by atoms with E-state index < -0.39 is 5.97 Å². The molecule has 2 heterocycles. The average molecular weight is 559 g/mol. The van der Waals surface area contributed by atoms with Gasteiger partial charge >= 0.3 is 12.0 Å². The van der Waals surface area contributed by atoms with Gasteiger partial charge < -0.3 is 28.5 Å². The molecule has 1 saturated heterocycles. The molecular formula is C31H34N4O4S. The van der Waals surface area contributed by atoms with Gasteiger partial charge in [-0.1, -0.05) is 42.5 Å². The van der Waals surface area contributed by atoms with Gasteiger partial charge in [0.15, 0.2) is 0 Å². The van der Waals surface area contributed by atoms with Gasteiger partial charge in [0.1, 0.15) is 5.58 Å². The molecule has 0 atom stereocenters. The highest BCUT2D eigenvalue weighted by Gasteiger charge is 2.25. The molecule has 9 heteroatoms. The number of rotatable bonds is 8. The third-order valence-corrected chi connectivity index (χ3v) is 8.25. The van der Waals surface area contributed by atoms with Crippen molar-refractivity contribution < 1.29 is 19.1 Å². The van der Waals surface area contributed by atoms with Crippen LogP contribution in [0.1, 0.15) is 21.7 Å². The number of hydrogen-bond donors (Lipinski definition) is 1. The lowest BCUT2D eigenvalue weighted by atomic mass is 10.1. The lowest BCUT2D eigenvalue weighted by molar-refractivity contribution is 0.0664. The van der Waals surface area contributed by atoms with Crippen LogP contribution in [-0.4, -0.2) is 73.7 Å². The van der Waals surface area contributed by atoms with Gasteiger partial charge in [-0.15, -0.1) is 0 Å². The monoisotopic (exact) mass is 558 g/mol. The zero-order chi connectivity index (χ0) is 28.2. The number of amides is 2. The second-order valence-corrected chi connectivity index (χ2v) is 11.2. The number of aryl methyl sites for hydroxylation is 1. The summed E-state index contributed by atoms with van der Waals surface area (Å²) in [5.74, 6) is -1.08. The Morgan fingerprint density at radius 1 is 0.950 bits per heavy atom. The van der Waals surface area contributed by atoms with Gasteiger partial charge in [-0.25, -0.2) is 9.59 Å². The maximum absolute atomic E-state index is 12.5. The number of carboxylic acid groups (broad SMARTS) is 1. The number of anilines is 2. The molecule has 4 aromatic rings. The van der Waals surface area contributed by atoms with E-state index in [0.717, 1.165) is 47.7 Å². The van der Waals surface area contributed by atoms with Crippen LogP contribution in [0.5, 0.6) is 0 Å². The van der Waals surface area contributed by atoms with Gasteiger partial charge in [0.25, 0.3) is 0 Å². The summed E-state index contributed by atoms with van der Waals surface area (Å²) in [4.78, 5) is 31.0. The van der Waals surface area contributed by atoms with E-state index in [4.69, 9.17) is 4.42 Å². The number of aromatic carboxylic acids is 1. The molecular weight excluding hydrogens is 524 g/mol. The molecule has 1 aromatic heterocycles. The van der Waals surface area contributed by atoms with Gasteiger partial charge in [-0.2, -0.15) is 0 Å². The average Bonchev–Trinajstić information content (AvgIpc) is 3.31. The summed E-state index contributed by atoms with van der Waals surface area (Å²) in [6, 6.07) is 24.7. The minimum atomic E-state index is -1.06. The molecule has 2 amide bonds. The van der Waals surface area contributed by atoms with Crippen molar-refractivity contribution in [3.63, 3.8) is 0 Å². The summed E-state index contributed by atoms with van der Waals surface area (Å²) in [6.07, 6.45) is 0.865. The number of fused-ring (bicyclic) bond motifs is 1. The molecule has 5 rings (SSSR count). The van der Waals surface area contributed by atoms with Gasteiger partial charge in [-0.05, 0) is 61.2 Å². The zero-order valence-corrected chi connectivity index (χ0v) is 23.9. The molecule has 40 heavy (non-hydrogen) atoms. The Labute approximate surface area is 238 Å². The molecule has 0 bridgehead atoms. The van der Waals surface area contributed by atoms with E-state index in [-0.39, 0.29) is 11.8 Å².